The molecule has 0 bridgehead atoms. The van der Waals surface area contributed by atoms with Crippen LogP contribution in [-0.4, -0.2) is 42.7 Å². The van der Waals surface area contributed by atoms with E-state index in [1.807, 2.05) is 24.3 Å². The zero-order valence-corrected chi connectivity index (χ0v) is 17.1. The highest BCUT2D eigenvalue weighted by molar-refractivity contribution is 7.99. The van der Waals surface area contributed by atoms with Crippen molar-refractivity contribution >= 4 is 23.4 Å². The Kier molecular flexibility index (Phi) is 5.94. The van der Waals surface area contributed by atoms with Crippen LogP contribution < -0.4 is 24.3 Å². The quantitative estimate of drug-likeness (QED) is 0.566. The highest BCUT2D eigenvalue weighted by atomic mass is 32.2. The third-order valence-electron chi connectivity index (χ3n) is 4.21. The number of carbonyl (C=O) groups is 1. The summed E-state index contributed by atoms with van der Waals surface area (Å²) in [6, 6.07) is 12.5. The molecule has 10 heteroatoms. The maximum Gasteiger partial charge on any atom is 0.277 e. The van der Waals surface area contributed by atoms with Crippen molar-refractivity contribution in [2.75, 3.05) is 31.9 Å². The molecule has 3 aromatic rings. The Bertz CT molecular complexity index is 1040. The van der Waals surface area contributed by atoms with E-state index in [-0.39, 0.29) is 23.5 Å². The third kappa shape index (κ3) is 4.43. The van der Waals surface area contributed by atoms with Gasteiger partial charge in [-0.1, -0.05) is 23.9 Å². The molecule has 1 N–H and O–H groups in total. The van der Waals surface area contributed by atoms with Crippen molar-refractivity contribution < 1.29 is 28.2 Å². The summed E-state index contributed by atoms with van der Waals surface area (Å²) in [5.41, 5.74) is 0.514. The number of thioether (sulfide) groups is 1. The molecule has 1 amide bonds. The number of carbonyl (C=O) groups excluding carboxylic acids is 1. The van der Waals surface area contributed by atoms with Gasteiger partial charge in [0.15, 0.2) is 11.5 Å². The molecule has 0 spiro atoms. The normalized spacial score (nSPS) is 14.8. The van der Waals surface area contributed by atoms with Crippen LogP contribution in [0.1, 0.15) is 12.0 Å². The fourth-order valence-corrected chi connectivity index (χ4v) is 3.34. The fourth-order valence-electron chi connectivity index (χ4n) is 2.78. The third-order valence-corrected chi connectivity index (χ3v) is 5.03. The summed E-state index contributed by atoms with van der Waals surface area (Å²) in [6.07, 6.45) is -0.503. The van der Waals surface area contributed by atoms with E-state index in [0.717, 1.165) is 11.8 Å². The zero-order valence-electron chi connectivity index (χ0n) is 16.3. The van der Waals surface area contributed by atoms with E-state index in [9.17, 15) is 4.79 Å². The number of methoxy groups -OCH3 is 2. The predicted octanol–water partition coefficient (Wildman–Crippen LogP) is 3.33. The van der Waals surface area contributed by atoms with E-state index in [2.05, 4.69) is 15.5 Å². The largest absolute Gasteiger partial charge is 0.497 e. The lowest BCUT2D eigenvalue weighted by atomic mass is 10.2. The van der Waals surface area contributed by atoms with Crippen LogP contribution in [0.4, 0.5) is 5.69 Å². The van der Waals surface area contributed by atoms with Gasteiger partial charge in [0, 0.05) is 6.07 Å². The number of benzene rings is 2. The van der Waals surface area contributed by atoms with Crippen LogP contribution in [-0.2, 0) is 4.79 Å². The number of nitrogens with one attached hydrogen (secondary N) is 1. The van der Waals surface area contributed by atoms with Crippen molar-refractivity contribution in [2.45, 2.75) is 11.3 Å². The van der Waals surface area contributed by atoms with E-state index < -0.39 is 6.10 Å². The van der Waals surface area contributed by atoms with Gasteiger partial charge in [-0.25, -0.2) is 0 Å². The second-order valence-corrected chi connectivity index (χ2v) is 7.10. The fraction of sp³-hybridized carbons (Fsp3) is 0.250. The molecule has 1 aliphatic heterocycles. The highest BCUT2D eigenvalue weighted by Gasteiger charge is 2.27. The zero-order chi connectivity index (χ0) is 20.9. The first-order valence-corrected chi connectivity index (χ1v) is 10.0. The lowest BCUT2D eigenvalue weighted by Crippen LogP contribution is -2.21. The number of aromatic nitrogens is 2. The van der Waals surface area contributed by atoms with Gasteiger partial charge in [0.2, 0.25) is 12.0 Å². The first-order valence-electron chi connectivity index (χ1n) is 9.03. The molecule has 2 heterocycles. The van der Waals surface area contributed by atoms with Crippen LogP contribution in [0.5, 0.6) is 23.0 Å². The topological polar surface area (TPSA) is 105 Å². The molecule has 0 saturated heterocycles. The van der Waals surface area contributed by atoms with Gasteiger partial charge in [0.25, 0.3) is 11.1 Å². The summed E-state index contributed by atoms with van der Waals surface area (Å²) in [5, 5.41) is 11.0. The van der Waals surface area contributed by atoms with Crippen molar-refractivity contribution in [3.8, 4) is 23.0 Å². The number of hydrogen-bond donors (Lipinski definition) is 1. The van der Waals surface area contributed by atoms with Crippen LogP contribution in [0.15, 0.2) is 52.1 Å². The number of para-hydroxylation sites is 2. The van der Waals surface area contributed by atoms with E-state index in [1.165, 1.54) is 7.11 Å². The average molecular weight is 429 g/mol. The molecule has 1 aromatic heterocycles. The average Bonchev–Trinajstić information content (AvgIpc) is 3.26. The molecule has 0 saturated carbocycles. The predicted molar refractivity (Wildman–Crippen MR) is 109 cm³/mol. The molecule has 1 atom stereocenters. The van der Waals surface area contributed by atoms with Gasteiger partial charge in [-0.05, 0) is 24.3 Å². The minimum atomic E-state index is -0.503. The van der Waals surface area contributed by atoms with Gasteiger partial charge in [0.1, 0.15) is 18.1 Å². The standard InChI is InChI=1S/C20H19N3O6S/c1-25-12-7-8-14(26-2)13(9-12)21-18(24)11-30-20-23-22-19(29-20)17-10-27-15-5-3-4-6-16(15)28-17/h3-9,17H,10-11H2,1-2H3,(H,21,24). The number of rotatable bonds is 7. The molecule has 0 aliphatic carbocycles. The molecule has 30 heavy (non-hydrogen) atoms. The minimum Gasteiger partial charge on any atom is -0.497 e. The van der Waals surface area contributed by atoms with Crippen molar-refractivity contribution in [1.29, 1.82) is 0 Å². The first kappa shape index (κ1) is 19.9. The van der Waals surface area contributed by atoms with Crippen LogP contribution in [0, 0.1) is 0 Å². The van der Waals surface area contributed by atoms with Gasteiger partial charge >= 0.3 is 0 Å². The Morgan fingerprint density at radius 2 is 2.00 bits per heavy atom. The van der Waals surface area contributed by atoms with Crippen LogP contribution >= 0.6 is 11.8 Å². The number of anilines is 1. The lowest BCUT2D eigenvalue weighted by molar-refractivity contribution is -0.113. The van der Waals surface area contributed by atoms with Crippen molar-refractivity contribution in [1.82, 2.24) is 10.2 Å². The summed E-state index contributed by atoms with van der Waals surface area (Å²) < 4.78 is 27.6. The number of fused-ring (bicyclic) bond motifs is 1. The van der Waals surface area contributed by atoms with Gasteiger partial charge < -0.3 is 28.7 Å². The molecule has 4 rings (SSSR count). The Hall–Kier alpha value is -3.40. The SMILES string of the molecule is COc1ccc(OC)c(NC(=O)CSc2nnc(C3COc4ccccc4O3)o2)c1. The summed E-state index contributed by atoms with van der Waals surface area (Å²) in [7, 11) is 3.08. The maximum atomic E-state index is 12.3. The van der Waals surface area contributed by atoms with Crippen molar-refractivity contribution in [2.24, 2.45) is 0 Å². The number of ether oxygens (including phenoxy) is 4. The van der Waals surface area contributed by atoms with E-state index >= 15 is 0 Å². The van der Waals surface area contributed by atoms with Crippen LogP contribution in [0.2, 0.25) is 0 Å². The maximum absolute atomic E-state index is 12.3. The minimum absolute atomic E-state index is 0.0762. The number of nitrogens with zero attached hydrogens (tertiary/aromatic N) is 2. The smallest absolute Gasteiger partial charge is 0.277 e. The Labute approximate surface area is 176 Å². The molecule has 0 fully saturated rings. The first-order chi connectivity index (χ1) is 14.7. The van der Waals surface area contributed by atoms with Crippen molar-refractivity contribution in [3.63, 3.8) is 0 Å². The Morgan fingerprint density at radius 1 is 1.17 bits per heavy atom. The molecule has 1 unspecified atom stereocenters. The molecule has 156 valence electrons. The van der Waals surface area contributed by atoms with E-state index in [4.69, 9.17) is 23.4 Å². The Balaban J connectivity index is 1.34. The molecular formula is C20H19N3O6S. The van der Waals surface area contributed by atoms with Crippen LogP contribution in [0.25, 0.3) is 0 Å². The molecule has 9 nitrogen and oxygen atoms in total. The molecular weight excluding hydrogens is 410 g/mol. The number of amides is 1. The van der Waals surface area contributed by atoms with Gasteiger partial charge in [-0.2, -0.15) is 0 Å². The second-order valence-electron chi connectivity index (χ2n) is 6.17. The molecule has 0 radical (unpaired) electrons. The van der Waals surface area contributed by atoms with Gasteiger partial charge in [0.05, 0.1) is 25.7 Å². The molecule has 1 aliphatic rings. The summed E-state index contributed by atoms with van der Waals surface area (Å²) in [6.45, 7) is 0.263. The monoisotopic (exact) mass is 429 g/mol. The number of hydrogen-bond acceptors (Lipinski definition) is 9. The van der Waals surface area contributed by atoms with E-state index in [1.54, 1.807) is 25.3 Å². The summed E-state index contributed by atoms with van der Waals surface area (Å²) in [4.78, 5) is 12.3. The summed E-state index contributed by atoms with van der Waals surface area (Å²) in [5.74, 6) is 2.55. The summed E-state index contributed by atoms with van der Waals surface area (Å²) >= 11 is 1.12. The molecule has 2 aromatic carbocycles. The van der Waals surface area contributed by atoms with Crippen molar-refractivity contribution in [3.05, 3.63) is 48.4 Å². The van der Waals surface area contributed by atoms with Gasteiger partial charge in [-0.15, -0.1) is 10.2 Å². The lowest BCUT2D eigenvalue weighted by Gasteiger charge is -2.23. The van der Waals surface area contributed by atoms with Gasteiger partial charge in [-0.3, -0.25) is 4.79 Å². The Morgan fingerprint density at radius 3 is 2.80 bits per heavy atom. The van der Waals surface area contributed by atoms with E-state index in [0.29, 0.717) is 34.6 Å². The second kappa shape index (κ2) is 8.95. The van der Waals surface area contributed by atoms with Crippen LogP contribution in [0.3, 0.4) is 0 Å². The highest BCUT2D eigenvalue weighted by Crippen LogP contribution is 2.36.